The van der Waals surface area contributed by atoms with Crippen LogP contribution in [0.2, 0.25) is 0 Å². The second-order valence-electron chi connectivity index (χ2n) is 3.75. The van der Waals surface area contributed by atoms with Crippen molar-refractivity contribution in [1.82, 2.24) is 0 Å². The highest BCUT2D eigenvalue weighted by Gasteiger charge is 2.60. The molecule has 1 saturated heterocycles. The lowest BCUT2D eigenvalue weighted by atomic mass is 10.2. The van der Waals surface area contributed by atoms with Crippen LogP contribution in [0.3, 0.4) is 0 Å². The van der Waals surface area contributed by atoms with E-state index in [1.165, 1.54) is 24.1 Å². The van der Waals surface area contributed by atoms with E-state index in [2.05, 4.69) is 27.7 Å². The minimum absolute atomic E-state index is 0.601. The van der Waals surface area contributed by atoms with E-state index in [4.69, 9.17) is 0 Å². The molecule has 0 N–H and O–H groups in total. The summed E-state index contributed by atoms with van der Waals surface area (Å²) in [7, 11) is 0. The number of hydrogen-bond acceptors (Lipinski definition) is 0. The zero-order valence-corrected chi connectivity index (χ0v) is 7.07. The first-order chi connectivity index (χ1) is 4.08. The van der Waals surface area contributed by atoms with Gasteiger partial charge in [-0.3, -0.25) is 0 Å². The second kappa shape index (κ2) is 1.72. The summed E-state index contributed by atoms with van der Waals surface area (Å²) >= 11 is 0. The van der Waals surface area contributed by atoms with Crippen LogP contribution in [0.1, 0.15) is 27.7 Å². The molecular formula is C8H18N+. The molecular weight excluding hydrogens is 110 g/mol. The van der Waals surface area contributed by atoms with E-state index in [-0.39, 0.29) is 0 Å². The maximum atomic E-state index is 2.36. The van der Waals surface area contributed by atoms with Crippen molar-refractivity contribution in [3.8, 4) is 0 Å². The van der Waals surface area contributed by atoms with E-state index in [1.807, 2.05) is 0 Å². The highest BCUT2D eigenvalue weighted by atomic mass is 15.5. The van der Waals surface area contributed by atoms with E-state index in [1.54, 1.807) is 0 Å². The molecule has 0 aromatic heterocycles. The molecule has 1 nitrogen and oxygen atoms in total. The molecule has 0 aromatic rings. The summed E-state index contributed by atoms with van der Waals surface area (Å²) in [4.78, 5) is 0. The molecule has 1 heteroatoms. The molecule has 9 heavy (non-hydrogen) atoms. The van der Waals surface area contributed by atoms with Crippen molar-refractivity contribution in [3.05, 3.63) is 0 Å². The molecule has 0 radical (unpaired) electrons. The lowest BCUT2D eigenvalue weighted by Gasteiger charge is -2.18. The van der Waals surface area contributed by atoms with Crippen molar-refractivity contribution in [2.45, 2.75) is 33.2 Å². The standard InChI is InChI=1S/C8H18N/c1-5-9(6-2)7-8(9,3)4/h5-7H2,1-4H3/q+1. The first kappa shape index (κ1) is 7.07. The zero-order chi connectivity index (χ0) is 7.12. The van der Waals surface area contributed by atoms with Gasteiger partial charge < -0.3 is 4.48 Å². The van der Waals surface area contributed by atoms with E-state index >= 15 is 0 Å². The van der Waals surface area contributed by atoms with Gasteiger partial charge in [-0.1, -0.05) is 0 Å². The van der Waals surface area contributed by atoms with Crippen LogP contribution >= 0.6 is 0 Å². The average molecular weight is 128 g/mol. The normalized spacial score (nSPS) is 28.0. The maximum Gasteiger partial charge on any atom is 0.143 e. The molecule has 0 unspecified atom stereocenters. The fourth-order valence-electron chi connectivity index (χ4n) is 2.01. The second-order valence-corrected chi connectivity index (χ2v) is 3.75. The Bertz CT molecular complexity index is 112. The van der Waals surface area contributed by atoms with Crippen LogP contribution in [0.25, 0.3) is 0 Å². The Hall–Kier alpha value is -0.0400. The third-order valence-electron chi connectivity index (χ3n) is 3.08. The van der Waals surface area contributed by atoms with Crippen molar-refractivity contribution < 1.29 is 4.48 Å². The summed E-state index contributed by atoms with van der Waals surface area (Å²) in [5.74, 6) is 0. The Kier molecular flexibility index (Phi) is 1.35. The summed E-state index contributed by atoms with van der Waals surface area (Å²) in [6, 6.07) is 0. The monoisotopic (exact) mass is 128 g/mol. The Morgan fingerprint density at radius 2 is 1.56 bits per heavy atom. The molecule has 0 bridgehead atoms. The predicted molar refractivity (Wildman–Crippen MR) is 40.3 cm³/mol. The molecule has 0 aliphatic carbocycles. The first-order valence-electron chi connectivity index (χ1n) is 3.94. The Balaban J connectivity index is 2.57. The van der Waals surface area contributed by atoms with Gasteiger partial charge in [0, 0.05) is 0 Å². The Morgan fingerprint density at radius 1 is 1.22 bits per heavy atom. The van der Waals surface area contributed by atoms with Gasteiger partial charge in [-0.05, 0) is 27.7 Å². The summed E-state index contributed by atoms with van der Waals surface area (Å²) in [5.41, 5.74) is 0.601. The molecule has 0 atom stereocenters. The van der Waals surface area contributed by atoms with E-state index < -0.39 is 0 Å². The smallest absolute Gasteiger partial charge is 0.143 e. The minimum atomic E-state index is 0.601. The highest BCUT2D eigenvalue weighted by molar-refractivity contribution is 4.84. The van der Waals surface area contributed by atoms with Gasteiger partial charge in [0.15, 0.2) is 0 Å². The van der Waals surface area contributed by atoms with Crippen molar-refractivity contribution in [1.29, 1.82) is 0 Å². The Labute approximate surface area is 58.3 Å². The largest absolute Gasteiger partial charge is 0.310 e. The summed E-state index contributed by atoms with van der Waals surface area (Å²) < 4.78 is 1.34. The van der Waals surface area contributed by atoms with Gasteiger partial charge in [-0.25, -0.2) is 0 Å². The van der Waals surface area contributed by atoms with Gasteiger partial charge in [0.2, 0.25) is 0 Å². The number of quaternary nitrogens is 1. The van der Waals surface area contributed by atoms with Crippen LogP contribution in [-0.4, -0.2) is 29.7 Å². The molecule has 1 heterocycles. The summed E-state index contributed by atoms with van der Waals surface area (Å²) in [6.07, 6.45) is 0. The molecule has 0 aromatic carbocycles. The van der Waals surface area contributed by atoms with Crippen LogP contribution in [0.5, 0.6) is 0 Å². The van der Waals surface area contributed by atoms with E-state index in [9.17, 15) is 0 Å². The van der Waals surface area contributed by atoms with Gasteiger partial charge in [-0.15, -0.1) is 0 Å². The third-order valence-corrected chi connectivity index (χ3v) is 3.08. The Morgan fingerprint density at radius 3 is 1.56 bits per heavy atom. The van der Waals surface area contributed by atoms with Crippen LogP contribution in [0.15, 0.2) is 0 Å². The third kappa shape index (κ3) is 0.787. The van der Waals surface area contributed by atoms with Crippen molar-refractivity contribution in [2.24, 2.45) is 0 Å². The molecule has 0 spiro atoms. The van der Waals surface area contributed by atoms with Gasteiger partial charge >= 0.3 is 0 Å². The lowest BCUT2D eigenvalue weighted by Crippen LogP contribution is -2.32. The van der Waals surface area contributed by atoms with Crippen molar-refractivity contribution in [3.63, 3.8) is 0 Å². The number of likely N-dealkylation sites (N-methyl/N-ethyl adjacent to an activating group) is 1. The van der Waals surface area contributed by atoms with Crippen LogP contribution in [0.4, 0.5) is 0 Å². The molecule has 1 fully saturated rings. The highest BCUT2D eigenvalue weighted by Crippen LogP contribution is 2.41. The molecule has 0 amide bonds. The zero-order valence-electron chi connectivity index (χ0n) is 7.07. The quantitative estimate of drug-likeness (QED) is 0.392. The average Bonchev–Trinajstić information content (AvgIpc) is 2.35. The number of nitrogens with zero attached hydrogens (tertiary/aromatic N) is 1. The topological polar surface area (TPSA) is 0 Å². The van der Waals surface area contributed by atoms with Crippen LogP contribution in [0, 0.1) is 0 Å². The van der Waals surface area contributed by atoms with E-state index in [0.717, 1.165) is 0 Å². The van der Waals surface area contributed by atoms with Gasteiger partial charge in [0.05, 0.1) is 13.1 Å². The van der Waals surface area contributed by atoms with Gasteiger partial charge in [-0.2, -0.15) is 0 Å². The molecule has 0 saturated carbocycles. The number of hydrogen-bond donors (Lipinski definition) is 0. The van der Waals surface area contributed by atoms with Crippen LogP contribution in [-0.2, 0) is 0 Å². The van der Waals surface area contributed by atoms with Crippen molar-refractivity contribution >= 4 is 0 Å². The fraction of sp³-hybridized carbons (Fsp3) is 1.00. The minimum Gasteiger partial charge on any atom is -0.310 e. The van der Waals surface area contributed by atoms with Gasteiger partial charge in [0.1, 0.15) is 12.1 Å². The van der Waals surface area contributed by atoms with Crippen molar-refractivity contribution in [2.75, 3.05) is 19.6 Å². The summed E-state index contributed by atoms with van der Waals surface area (Å²) in [6.45, 7) is 13.3. The summed E-state index contributed by atoms with van der Waals surface area (Å²) in [5, 5.41) is 0. The number of rotatable bonds is 2. The molecule has 54 valence electrons. The molecule has 1 aliphatic rings. The van der Waals surface area contributed by atoms with E-state index in [0.29, 0.717) is 5.54 Å². The lowest BCUT2D eigenvalue weighted by molar-refractivity contribution is -0.823. The first-order valence-corrected chi connectivity index (χ1v) is 3.94. The fourth-order valence-corrected chi connectivity index (χ4v) is 2.01. The van der Waals surface area contributed by atoms with Crippen LogP contribution < -0.4 is 0 Å². The SMILES string of the molecule is CC[N+]1(CC)CC1(C)C. The predicted octanol–water partition coefficient (Wildman–Crippen LogP) is 1.64. The maximum absolute atomic E-state index is 2.36. The molecule has 1 rings (SSSR count). The van der Waals surface area contributed by atoms with Gasteiger partial charge in [0.25, 0.3) is 0 Å². The molecule has 1 aliphatic heterocycles.